The van der Waals surface area contributed by atoms with Gasteiger partial charge >= 0.3 is 0 Å². The summed E-state index contributed by atoms with van der Waals surface area (Å²) < 4.78 is 2.47. The van der Waals surface area contributed by atoms with E-state index in [0.717, 1.165) is 12.8 Å². The van der Waals surface area contributed by atoms with E-state index in [2.05, 4.69) is 159 Å². The zero-order valence-electron chi connectivity index (χ0n) is 27.4. The monoisotopic (exact) mass is 609 g/mol. The van der Waals surface area contributed by atoms with Crippen LogP contribution in [0.15, 0.2) is 121 Å². The second kappa shape index (κ2) is 9.67. The predicted molar refractivity (Wildman–Crippen MR) is 200 cm³/mol. The van der Waals surface area contributed by atoms with Crippen molar-refractivity contribution in [1.82, 2.24) is 4.57 Å². The second-order valence-corrected chi connectivity index (χ2v) is 19.9. The number of nitrogens with zero attached hydrogens (tertiary/aromatic N) is 1. The van der Waals surface area contributed by atoms with Gasteiger partial charge in [0.2, 0.25) is 0 Å². The maximum atomic E-state index is 2.50. The molecule has 0 N–H and O–H groups in total. The first kappa shape index (κ1) is 27.6. The smallest absolute Gasteiger partial charge is 0.0779 e. The quantitative estimate of drug-likeness (QED) is 0.176. The maximum absolute atomic E-state index is 2.50. The summed E-state index contributed by atoms with van der Waals surface area (Å²) in [5.41, 5.74) is 17.9. The molecular weight excluding hydrogens is 571 g/mol. The maximum Gasteiger partial charge on any atom is 0.0779 e. The Kier molecular flexibility index (Phi) is 5.81. The molecule has 0 spiro atoms. The third-order valence-corrected chi connectivity index (χ3v) is 13.0. The van der Waals surface area contributed by atoms with Gasteiger partial charge in [0.05, 0.1) is 19.1 Å². The fourth-order valence-corrected chi connectivity index (χ4v) is 10.4. The summed E-state index contributed by atoms with van der Waals surface area (Å²) >= 11 is 0. The lowest BCUT2D eigenvalue weighted by Crippen LogP contribution is -2.41. The SMILES string of the molecule is CC1(C)c2ccccc2-c2cc3c(cc21)c1cc(-c2cccc4c2CCc2c-4cccc2[Si](C)(C)C)ccc1n3-c1ccccc1. The molecule has 0 atom stereocenters. The van der Waals surface area contributed by atoms with Crippen molar-refractivity contribution >= 4 is 35.1 Å². The van der Waals surface area contributed by atoms with Crippen LogP contribution in [0, 0.1) is 0 Å². The molecule has 1 nitrogen and oxygen atoms in total. The Labute approximate surface area is 273 Å². The van der Waals surface area contributed by atoms with Crippen molar-refractivity contribution in [2.45, 2.75) is 51.7 Å². The van der Waals surface area contributed by atoms with E-state index in [9.17, 15) is 0 Å². The average Bonchev–Trinajstić information content (AvgIpc) is 3.50. The molecule has 224 valence electrons. The van der Waals surface area contributed by atoms with Gasteiger partial charge in [0, 0.05) is 21.9 Å². The first-order valence-corrected chi connectivity index (χ1v) is 20.2. The Morgan fingerprint density at radius 1 is 0.522 bits per heavy atom. The van der Waals surface area contributed by atoms with Gasteiger partial charge in [-0.1, -0.05) is 124 Å². The third kappa shape index (κ3) is 3.86. The topological polar surface area (TPSA) is 4.93 Å². The van der Waals surface area contributed by atoms with E-state index in [1.807, 2.05) is 0 Å². The Balaban J connectivity index is 1.29. The van der Waals surface area contributed by atoms with E-state index < -0.39 is 8.07 Å². The fraction of sp³-hybridized carbons (Fsp3) is 0.182. The minimum Gasteiger partial charge on any atom is -0.309 e. The molecule has 0 radical (unpaired) electrons. The van der Waals surface area contributed by atoms with Crippen LogP contribution >= 0.6 is 0 Å². The number of benzene rings is 6. The molecular formula is C44H39NSi. The van der Waals surface area contributed by atoms with Crippen LogP contribution in [0.2, 0.25) is 19.6 Å². The van der Waals surface area contributed by atoms with E-state index in [-0.39, 0.29) is 5.41 Å². The van der Waals surface area contributed by atoms with Crippen LogP contribution in [-0.2, 0) is 18.3 Å². The zero-order chi connectivity index (χ0) is 31.4. The van der Waals surface area contributed by atoms with E-state index in [0.29, 0.717) is 0 Å². The van der Waals surface area contributed by atoms with Gasteiger partial charge < -0.3 is 4.57 Å². The van der Waals surface area contributed by atoms with E-state index in [4.69, 9.17) is 0 Å². The minimum absolute atomic E-state index is 0.0421. The summed E-state index contributed by atoms with van der Waals surface area (Å²) in [5, 5.41) is 4.27. The molecule has 0 fully saturated rings. The number of rotatable bonds is 3. The van der Waals surface area contributed by atoms with Gasteiger partial charge in [-0.15, -0.1) is 0 Å². The normalized spacial score (nSPS) is 14.6. The first-order valence-electron chi connectivity index (χ1n) is 16.7. The van der Waals surface area contributed by atoms with Gasteiger partial charge in [-0.2, -0.15) is 0 Å². The van der Waals surface area contributed by atoms with Gasteiger partial charge in [0.1, 0.15) is 0 Å². The first-order chi connectivity index (χ1) is 22.2. The number of aromatic nitrogens is 1. The van der Waals surface area contributed by atoms with Gasteiger partial charge in [0.25, 0.3) is 0 Å². The number of para-hydroxylation sites is 1. The average molecular weight is 610 g/mol. The number of fused-ring (bicyclic) bond motifs is 9. The molecule has 1 heterocycles. The van der Waals surface area contributed by atoms with Crippen LogP contribution in [0.5, 0.6) is 0 Å². The van der Waals surface area contributed by atoms with Crippen molar-refractivity contribution in [2.24, 2.45) is 0 Å². The van der Waals surface area contributed by atoms with E-state index >= 15 is 0 Å². The van der Waals surface area contributed by atoms with Crippen molar-refractivity contribution in [3.05, 3.63) is 144 Å². The van der Waals surface area contributed by atoms with Crippen LogP contribution in [0.1, 0.15) is 36.1 Å². The zero-order valence-corrected chi connectivity index (χ0v) is 28.4. The van der Waals surface area contributed by atoms with Gasteiger partial charge in [-0.05, 0) is 105 Å². The van der Waals surface area contributed by atoms with Gasteiger partial charge in [-0.25, -0.2) is 0 Å². The van der Waals surface area contributed by atoms with Crippen LogP contribution in [0.25, 0.3) is 60.9 Å². The van der Waals surface area contributed by atoms with E-state index in [1.165, 1.54) is 77.6 Å². The fourth-order valence-electron chi connectivity index (χ4n) is 8.68. The number of hydrogen-bond acceptors (Lipinski definition) is 0. The van der Waals surface area contributed by atoms with Crippen molar-refractivity contribution in [2.75, 3.05) is 0 Å². The Hall–Kier alpha value is -4.66. The van der Waals surface area contributed by atoms with Crippen LogP contribution in [-0.4, -0.2) is 12.6 Å². The summed E-state index contributed by atoms with van der Waals surface area (Å²) in [7, 11) is -1.43. The molecule has 2 aliphatic rings. The van der Waals surface area contributed by atoms with Crippen molar-refractivity contribution < 1.29 is 0 Å². The van der Waals surface area contributed by atoms with Crippen molar-refractivity contribution in [1.29, 1.82) is 0 Å². The van der Waals surface area contributed by atoms with Gasteiger partial charge in [0.15, 0.2) is 0 Å². The lowest BCUT2D eigenvalue weighted by atomic mass is 9.81. The standard InChI is InChI=1S/C44H39NSi/c1-44(2)39-19-10-9-15-34(39)36-27-42-38(26-40(36)44)37-25-28(21-24-41(37)45(42)29-13-7-6-8-14-29)30-16-11-17-31-32-18-12-20-43(46(3,4)5)35(32)23-22-33(30)31/h6-21,24-27H,22-23H2,1-5H3. The molecule has 2 heteroatoms. The molecule has 6 aromatic carbocycles. The molecule has 0 unspecified atom stereocenters. The predicted octanol–water partition coefficient (Wildman–Crippen LogP) is 11.1. The van der Waals surface area contributed by atoms with Crippen LogP contribution in [0.4, 0.5) is 0 Å². The van der Waals surface area contributed by atoms with Crippen molar-refractivity contribution in [3.8, 4) is 39.1 Å². The highest BCUT2D eigenvalue weighted by molar-refractivity contribution is 6.89. The molecule has 46 heavy (non-hydrogen) atoms. The second-order valence-electron chi connectivity index (χ2n) is 14.9. The molecule has 0 aliphatic heterocycles. The Bertz CT molecular complexity index is 2360. The summed E-state index contributed by atoms with van der Waals surface area (Å²) in [6.45, 7) is 12.2. The third-order valence-electron chi connectivity index (χ3n) is 10.9. The van der Waals surface area contributed by atoms with Crippen LogP contribution in [0.3, 0.4) is 0 Å². The molecule has 2 aliphatic carbocycles. The highest BCUT2D eigenvalue weighted by Crippen LogP contribution is 2.51. The summed E-state index contributed by atoms with van der Waals surface area (Å²) in [6, 6.07) is 46.0. The molecule has 0 saturated carbocycles. The Morgan fingerprint density at radius 3 is 1.98 bits per heavy atom. The number of hydrogen-bond donors (Lipinski definition) is 0. The largest absolute Gasteiger partial charge is 0.309 e. The molecule has 7 aromatic rings. The minimum atomic E-state index is -1.43. The van der Waals surface area contributed by atoms with Crippen LogP contribution < -0.4 is 5.19 Å². The Morgan fingerprint density at radius 2 is 1.17 bits per heavy atom. The molecule has 1 aromatic heterocycles. The summed E-state index contributed by atoms with van der Waals surface area (Å²) in [6.07, 6.45) is 2.21. The molecule has 0 saturated heterocycles. The van der Waals surface area contributed by atoms with E-state index in [1.54, 1.807) is 10.8 Å². The molecule has 9 rings (SSSR count). The van der Waals surface area contributed by atoms with Gasteiger partial charge in [-0.3, -0.25) is 0 Å². The highest BCUT2D eigenvalue weighted by atomic mass is 28.3. The summed E-state index contributed by atoms with van der Waals surface area (Å²) in [5.74, 6) is 0. The molecule has 0 amide bonds. The molecule has 0 bridgehead atoms. The summed E-state index contributed by atoms with van der Waals surface area (Å²) in [4.78, 5) is 0. The lowest BCUT2D eigenvalue weighted by molar-refractivity contribution is 0.661. The highest BCUT2D eigenvalue weighted by Gasteiger charge is 2.36. The lowest BCUT2D eigenvalue weighted by Gasteiger charge is -2.29. The van der Waals surface area contributed by atoms with Crippen molar-refractivity contribution in [3.63, 3.8) is 0 Å².